The maximum atomic E-state index is 10.4. The van der Waals surface area contributed by atoms with Crippen molar-refractivity contribution in [2.45, 2.75) is 71.8 Å². The van der Waals surface area contributed by atoms with Gasteiger partial charge in [0.25, 0.3) is 0 Å². The monoisotopic (exact) mass is 266 g/mol. The van der Waals surface area contributed by atoms with Gasteiger partial charge in [-0.25, -0.2) is 0 Å². The molecule has 2 N–H and O–H groups in total. The van der Waals surface area contributed by atoms with Crippen molar-refractivity contribution in [1.82, 2.24) is 0 Å². The summed E-state index contributed by atoms with van der Waals surface area (Å²) in [5, 5.41) is 20.3. The fraction of sp³-hybridized carbons (Fsp3) is 1.00. The van der Waals surface area contributed by atoms with Crippen LogP contribution >= 0.6 is 0 Å². The zero-order valence-electron chi connectivity index (χ0n) is 12.8. The Labute approximate surface area is 117 Å². The molecule has 6 atom stereocenters. The first-order valence-corrected chi connectivity index (χ1v) is 8.16. The minimum Gasteiger partial charge on any atom is -0.396 e. The molecule has 0 saturated heterocycles. The van der Waals surface area contributed by atoms with Crippen molar-refractivity contribution in [2.75, 3.05) is 6.61 Å². The van der Waals surface area contributed by atoms with E-state index in [1.54, 1.807) is 0 Å². The second-order valence-corrected chi connectivity index (χ2v) is 8.41. The van der Waals surface area contributed by atoms with Gasteiger partial charge in [-0.05, 0) is 66.6 Å². The molecule has 3 fully saturated rings. The summed E-state index contributed by atoms with van der Waals surface area (Å²) in [6, 6.07) is 0. The van der Waals surface area contributed by atoms with Gasteiger partial charge < -0.3 is 10.2 Å². The molecule has 2 heteroatoms. The third-order valence-corrected chi connectivity index (χ3v) is 7.52. The van der Waals surface area contributed by atoms with E-state index in [9.17, 15) is 10.2 Å². The normalized spacial score (nSPS) is 57.6. The van der Waals surface area contributed by atoms with Crippen LogP contribution in [-0.4, -0.2) is 22.9 Å². The van der Waals surface area contributed by atoms with Crippen LogP contribution in [0.1, 0.15) is 65.7 Å². The number of aliphatic hydroxyl groups excluding tert-OH is 2. The summed E-state index contributed by atoms with van der Waals surface area (Å²) in [6.45, 7) is 7.41. The lowest BCUT2D eigenvalue weighted by Gasteiger charge is -2.61. The Morgan fingerprint density at radius 1 is 0.895 bits per heavy atom. The highest BCUT2D eigenvalue weighted by Gasteiger charge is 2.62. The summed E-state index contributed by atoms with van der Waals surface area (Å²) >= 11 is 0. The van der Waals surface area contributed by atoms with E-state index in [-0.39, 0.29) is 16.9 Å². The molecule has 0 aromatic heterocycles. The van der Waals surface area contributed by atoms with Gasteiger partial charge in [0.1, 0.15) is 0 Å². The van der Waals surface area contributed by atoms with Gasteiger partial charge in [0.2, 0.25) is 0 Å². The van der Waals surface area contributed by atoms with Gasteiger partial charge in [0.15, 0.2) is 0 Å². The first-order valence-electron chi connectivity index (χ1n) is 8.16. The molecule has 0 unspecified atom stereocenters. The largest absolute Gasteiger partial charge is 0.396 e. The van der Waals surface area contributed by atoms with Crippen molar-refractivity contribution in [3.63, 3.8) is 0 Å². The predicted octanol–water partition coefficient (Wildman–Crippen LogP) is 3.36. The van der Waals surface area contributed by atoms with Gasteiger partial charge in [-0.2, -0.15) is 0 Å². The minimum absolute atomic E-state index is 0.0995. The summed E-state index contributed by atoms with van der Waals surface area (Å²) < 4.78 is 0. The summed E-state index contributed by atoms with van der Waals surface area (Å²) in [5.41, 5.74) is 0.584. The summed E-state index contributed by atoms with van der Waals surface area (Å²) in [4.78, 5) is 0. The predicted molar refractivity (Wildman–Crippen MR) is 76.7 cm³/mol. The summed E-state index contributed by atoms with van der Waals surface area (Å²) in [7, 11) is 0. The zero-order chi connectivity index (χ0) is 13.9. The van der Waals surface area contributed by atoms with E-state index in [1.165, 1.54) is 32.1 Å². The van der Waals surface area contributed by atoms with Crippen molar-refractivity contribution >= 4 is 0 Å². The first-order chi connectivity index (χ1) is 8.87. The Balaban J connectivity index is 1.98. The molecule has 0 radical (unpaired) electrons. The van der Waals surface area contributed by atoms with Gasteiger partial charge in [0.05, 0.1) is 6.10 Å². The van der Waals surface area contributed by atoms with Gasteiger partial charge in [0, 0.05) is 6.61 Å². The van der Waals surface area contributed by atoms with Crippen LogP contribution in [0.4, 0.5) is 0 Å². The van der Waals surface area contributed by atoms with Gasteiger partial charge in [-0.3, -0.25) is 0 Å². The molecule has 19 heavy (non-hydrogen) atoms. The van der Waals surface area contributed by atoms with Crippen molar-refractivity contribution in [1.29, 1.82) is 0 Å². The van der Waals surface area contributed by atoms with Crippen molar-refractivity contribution in [3.05, 3.63) is 0 Å². The molecule has 3 rings (SSSR count). The highest BCUT2D eigenvalue weighted by atomic mass is 16.3. The van der Waals surface area contributed by atoms with Crippen LogP contribution in [0, 0.1) is 28.1 Å². The molecule has 0 aromatic rings. The fourth-order valence-corrected chi connectivity index (χ4v) is 6.40. The number of hydrogen-bond donors (Lipinski definition) is 2. The lowest BCUT2D eigenvalue weighted by Crippen LogP contribution is -2.56. The molecule has 3 aliphatic carbocycles. The molecule has 0 heterocycles. The number of fused-ring (bicyclic) bond motifs is 3. The van der Waals surface area contributed by atoms with E-state index in [0.717, 1.165) is 12.8 Å². The first kappa shape index (κ1) is 13.9. The van der Waals surface area contributed by atoms with E-state index < -0.39 is 0 Å². The standard InChI is InChI=1S/C17H30O2/c1-15(11-18)8-4-9-16(2)12(15)7-10-17(3)13(16)5-6-14(17)19/h12-14,18-19H,4-11H2,1-3H3/t12-,13+,14-,15-,16-,17-/m0/s1. The van der Waals surface area contributed by atoms with Gasteiger partial charge >= 0.3 is 0 Å². The maximum Gasteiger partial charge on any atom is 0.0596 e. The molecular formula is C17H30O2. The van der Waals surface area contributed by atoms with E-state index >= 15 is 0 Å². The van der Waals surface area contributed by atoms with Crippen LogP contribution in [0.3, 0.4) is 0 Å². The van der Waals surface area contributed by atoms with Crippen LogP contribution in [0.15, 0.2) is 0 Å². The number of rotatable bonds is 1. The average molecular weight is 266 g/mol. The molecule has 0 amide bonds. The lowest BCUT2D eigenvalue weighted by molar-refractivity contribution is -0.151. The summed E-state index contributed by atoms with van der Waals surface area (Å²) in [5.74, 6) is 1.29. The minimum atomic E-state index is -0.0995. The maximum absolute atomic E-state index is 10.4. The van der Waals surface area contributed by atoms with E-state index in [0.29, 0.717) is 23.9 Å². The topological polar surface area (TPSA) is 40.5 Å². The van der Waals surface area contributed by atoms with E-state index in [4.69, 9.17) is 0 Å². The van der Waals surface area contributed by atoms with Crippen molar-refractivity contribution < 1.29 is 10.2 Å². The third kappa shape index (κ3) is 1.68. The van der Waals surface area contributed by atoms with Crippen molar-refractivity contribution in [3.8, 4) is 0 Å². The smallest absolute Gasteiger partial charge is 0.0596 e. The Kier molecular flexibility index (Phi) is 3.07. The third-order valence-electron chi connectivity index (χ3n) is 7.52. The molecule has 2 nitrogen and oxygen atoms in total. The molecule has 3 aliphatic rings. The van der Waals surface area contributed by atoms with Gasteiger partial charge in [-0.15, -0.1) is 0 Å². The van der Waals surface area contributed by atoms with Crippen LogP contribution in [0.25, 0.3) is 0 Å². The van der Waals surface area contributed by atoms with Crippen LogP contribution in [0.5, 0.6) is 0 Å². The fourth-order valence-electron chi connectivity index (χ4n) is 6.40. The lowest BCUT2D eigenvalue weighted by atomic mass is 9.43. The van der Waals surface area contributed by atoms with Crippen LogP contribution in [0.2, 0.25) is 0 Å². The second-order valence-electron chi connectivity index (χ2n) is 8.41. The highest BCUT2D eigenvalue weighted by Crippen LogP contribution is 2.68. The zero-order valence-corrected chi connectivity index (χ0v) is 12.8. The molecule has 0 spiro atoms. The van der Waals surface area contributed by atoms with Crippen LogP contribution < -0.4 is 0 Å². The average Bonchev–Trinajstić information content (AvgIpc) is 2.67. The molecule has 110 valence electrons. The molecule has 0 aromatic carbocycles. The Morgan fingerprint density at radius 3 is 2.32 bits per heavy atom. The summed E-state index contributed by atoms with van der Waals surface area (Å²) in [6.07, 6.45) is 8.12. The van der Waals surface area contributed by atoms with Crippen LogP contribution in [-0.2, 0) is 0 Å². The quantitative estimate of drug-likeness (QED) is 0.764. The van der Waals surface area contributed by atoms with Gasteiger partial charge in [-0.1, -0.05) is 27.2 Å². The Hall–Kier alpha value is -0.0800. The SMILES string of the molecule is C[C@@]1(CO)CCC[C@]2(C)[C@H]3CC[C@H](O)[C@@]3(C)CC[C@@H]12. The second kappa shape index (κ2) is 4.21. The van der Waals surface area contributed by atoms with E-state index in [1.807, 2.05) is 0 Å². The Bertz CT molecular complexity index is 364. The highest BCUT2D eigenvalue weighted by molar-refractivity contribution is 5.11. The Morgan fingerprint density at radius 2 is 1.63 bits per heavy atom. The number of hydrogen-bond acceptors (Lipinski definition) is 2. The van der Waals surface area contributed by atoms with Crippen molar-refractivity contribution in [2.24, 2.45) is 28.1 Å². The molecular weight excluding hydrogens is 236 g/mol. The van der Waals surface area contributed by atoms with E-state index in [2.05, 4.69) is 20.8 Å². The molecule has 3 saturated carbocycles. The molecule has 0 aliphatic heterocycles. The molecule has 0 bridgehead atoms. The number of aliphatic hydroxyl groups is 2.